The van der Waals surface area contributed by atoms with Gasteiger partial charge in [-0.15, -0.1) is 0 Å². The summed E-state index contributed by atoms with van der Waals surface area (Å²) in [4.78, 5) is 2.72. The predicted octanol–water partition coefficient (Wildman–Crippen LogP) is 4.32. The monoisotopic (exact) mass is 225 g/mol. The molecule has 0 aromatic carbocycles. The van der Waals surface area contributed by atoms with E-state index in [0.29, 0.717) is 17.0 Å². The number of nitrogens with zero attached hydrogens (tertiary/aromatic N) is 1. The third-order valence-electron chi connectivity index (χ3n) is 3.45. The predicted molar refractivity (Wildman–Crippen MR) is 72.7 cm³/mol. The first-order valence-electron chi connectivity index (χ1n) is 6.86. The van der Waals surface area contributed by atoms with Crippen molar-refractivity contribution in [3.8, 4) is 0 Å². The molecule has 0 N–H and O–H groups in total. The lowest BCUT2D eigenvalue weighted by atomic mass is 9.86. The quantitative estimate of drug-likeness (QED) is 0.688. The summed E-state index contributed by atoms with van der Waals surface area (Å²) in [6, 6.07) is 0.695. The van der Waals surface area contributed by atoms with Crippen molar-refractivity contribution in [2.45, 2.75) is 79.3 Å². The minimum atomic E-state index is 0.313. The Morgan fingerprint density at radius 3 is 1.88 bits per heavy atom. The SMILES string of the molecule is CC(CC(C)(C)C)N(CC1CC1)C(C)(C)C. The third-order valence-corrected chi connectivity index (χ3v) is 3.45. The van der Waals surface area contributed by atoms with Gasteiger partial charge in [0.2, 0.25) is 0 Å². The van der Waals surface area contributed by atoms with Crippen molar-refractivity contribution in [3.63, 3.8) is 0 Å². The molecule has 0 aromatic rings. The van der Waals surface area contributed by atoms with Crippen LogP contribution in [0.5, 0.6) is 0 Å². The molecule has 1 unspecified atom stereocenters. The average Bonchev–Trinajstić information content (AvgIpc) is 2.76. The van der Waals surface area contributed by atoms with Crippen molar-refractivity contribution in [3.05, 3.63) is 0 Å². The van der Waals surface area contributed by atoms with Gasteiger partial charge in [-0.25, -0.2) is 0 Å². The lowest BCUT2D eigenvalue weighted by molar-refractivity contribution is 0.0623. The van der Waals surface area contributed by atoms with E-state index in [-0.39, 0.29) is 0 Å². The Morgan fingerprint density at radius 1 is 1.06 bits per heavy atom. The maximum Gasteiger partial charge on any atom is 0.0127 e. The van der Waals surface area contributed by atoms with Crippen LogP contribution in [0.2, 0.25) is 0 Å². The summed E-state index contributed by atoms with van der Waals surface area (Å²) < 4.78 is 0. The fourth-order valence-corrected chi connectivity index (χ4v) is 2.69. The number of hydrogen-bond donors (Lipinski definition) is 0. The van der Waals surface area contributed by atoms with Crippen LogP contribution < -0.4 is 0 Å². The van der Waals surface area contributed by atoms with Crippen LogP contribution >= 0.6 is 0 Å². The maximum absolute atomic E-state index is 2.72. The molecule has 0 aliphatic heterocycles. The summed E-state index contributed by atoms with van der Waals surface area (Å²) in [5, 5.41) is 0. The smallest absolute Gasteiger partial charge is 0.0127 e. The minimum absolute atomic E-state index is 0.313. The van der Waals surface area contributed by atoms with Crippen molar-refractivity contribution in [1.29, 1.82) is 0 Å². The van der Waals surface area contributed by atoms with Gasteiger partial charge >= 0.3 is 0 Å². The average molecular weight is 225 g/mol. The molecule has 0 radical (unpaired) electrons. The van der Waals surface area contributed by atoms with E-state index in [0.717, 1.165) is 5.92 Å². The Bertz CT molecular complexity index is 215. The molecule has 1 aliphatic rings. The second kappa shape index (κ2) is 4.68. The van der Waals surface area contributed by atoms with Crippen LogP contribution in [0.15, 0.2) is 0 Å². The normalized spacial score (nSPS) is 20.2. The summed E-state index contributed by atoms with van der Waals surface area (Å²) in [7, 11) is 0. The highest BCUT2D eigenvalue weighted by molar-refractivity contribution is 4.88. The van der Waals surface area contributed by atoms with Gasteiger partial charge in [-0.05, 0) is 58.3 Å². The summed E-state index contributed by atoms with van der Waals surface area (Å²) in [5.41, 5.74) is 0.750. The zero-order chi connectivity index (χ0) is 12.6. The van der Waals surface area contributed by atoms with Crippen LogP contribution in [0.1, 0.15) is 67.7 Å². The molecule has 0 heterocycles. The Morgan fingerprint density at radius 2 is 1.56 bits per heavy atom. The highest BCUT2D eigenvalue weighted by atomic mass is 15.2. The lowest BCUT2D eigenvalue weighted by Crippen LogP contribution is -2.49. The van der Waals surface area contributed by atoms with Crippen molar-refractivity contribution in [1.82, 2.24) is 4.90 Å². The van der Waals surface area contributed by atoms with Crippen molar-refractivity contribution in [2.75, 3.05) is 6.54 Å². The van der Waals surface area contributed by atoms with Crippen molar-refractivity contribution >= 4 is 0 Å². The number of rotatable bonds is 4. The molecular weight excluding hydrogens is 194 g/mol. The molecule has 1 heteroatoms. The first-order valence-corrected chi connectivity index (χ1v) is 6.86. The van der Waals surface area contributed by atoms with Crippen LogP contribution in [-0.4, -0.2) is 23.0 Å². The van der Waals surface area contributed by atoms with Crippen molar-refractivity contribution in [2.24, 2.45) is 11.3 Å². The topological polar surface area (TPSA) is 3.24 Å². The molecule has 0 amide bonds. The Hall–Kier alpha value is -0.0400. The second-order valence-electron chi connectivity index (χ2n) is 7.88. The van der Waals surface area contributed by atoms with E-state index in [2.05, 4.69) is 53.4 Å². The zero-order valence-corrected chi connectivity index (χ0v) is 12.4. The molecule has 1 nitrogen and oxygen atoms in total. The molecule has 1 atom stereocenters. The van der Waals surface area contributed by atoms with E-state index in [4.69, 9.17) is 0 Å². The van der Waals surface area contributed by atoms with E-state index in [1.807, 2.05) is 0 Å². The van der Waals surface area contributed by atoms with Gasteiger partial charge in [0, 0.05) is 18.1 Å². The van der Waals surface area contributed by atoms with Crippen molar-refractivity contribution < 1.29 is 0 Å². The molecular formula is C15H31N. The van der Waals surface area contributed by atoms with Crippen LogP contribution in [-0.2, 0) is 0 Å². The lowest BCUT2D eigenvalue weighted by Gasteiger charge is -2.42. The first kappa shape index (κ1) is 14.0. The molecule has 1 rings (SSSR count). The summed E-state index contributed by atoms with van der Waals surface area (Å²) in [6.45, 7) is 17.8. The molecule has 0 saturated heterocycles. The van der Waals surface area contributed by atoms with Crippen LogP contribution in [0.3, 0.4) is 0 Å². The Labute approximate surface area is 103 Å². The molecule has 16 heavy (non-hydrogen) atoms. The summed E-state index contributed by atoms with van der Waals surface area (Å²) in [6.07, 6.45) is 4.20. The van der Waals surface area contributed by atoms with Crippen LogP contribution in [0.25, 0.3) is 0 Å². The Balaban J connectivity index is 2.60. The van der Waals surface area contributed by atoms with E-state index in [1.54, 1.807) is 0 Å². The highest BCUT2D eigenvalue weighted by Crippen LogP contribution is 2.35. The molecule has 1 aliphatic carbocycles. The van der Waals surface area contributed by atoms with Gasteiger partial charge in [-0.1, -0.05) is 20.8 Å². The van der Waals surface area contributed by atoms with Crippen LogP contribution in [0.4, 0.5) is 0 Å². The Kier molecular flexibility index (Phi) is 4.10. The zero-order valence-electron chi connectivity index (χ0n) is 12.4. The van der Waals surface area contributed by atoms with E-state index in [1.165, 1.54) is 25.8 Å². The van der Waals surface area contributed by atoms with Gasteiger partial charge in [0.15, 0.2) is 0 Å². The minimum Gasteiger partial charge on any atom is -0.296 e. The molecule has 1 saturated carbocycles. The van der Waals surface area contributed by atoms with Gasteiger partial charge in [0.25, 0.3) is 0 Å². The summed E-state index contributed by atoms with van der Waals surface area (Å²) >= 11 is 0. The van der Waals surface area contributed by atoms with Gasteiger partial charge in [-0.2, -0.15) is 0 Å². The molecule has 1 fully saturated rings. The molecule has 96 valence electrons. The van der Waals surface area contributed by atoms with Gasteiger partial charge in [0.05, 0.1) is 0 Å². The van der Waals surface area contributed by atoms with E-state index >= 15 is 0 Å². The second-order valence-corrected chi connectivity index (χ2v) is 7.88. The van der Waals surface area contributed by atoms with Crippen LogP contribution in [0, 0.1) is 11.3 Å². The van der Waals surface area contributed by atoms with Gasteiger partial charge in [0.1, 0.15) is 0 Å². The number of hydrogen-bond acceptors (Lipinski definition) is 1. The largest absolute Gasteiger partial charge is 0.296 e. The first-order chi connectivity index (χ1) is 7.09. The summed E-state index contributed by atoms with van der Waals surface area (Å²) in [5.74, 6) is 0.988. The van der Waals surface area contributed by atoms with E-state index in [9.17, 15) is 0 Å². The standard InChI is InChI=1S/C15H31N/c1-12(10-14(2,3)4)16(15(5,6)7)11-13-8-9-13/h12-13H,8-11H2,1-7H3. The fraction of sp³-hybridized carbons (Fsp3) is 1.00. The molecule has 0 bridgehead atoms. The van der Waals surface area contributed by atoms with Gasteiger partial charge < -0.3 is 0 Å². The molecule has 0 spiro atoms. The fourth-order valence-electron chi connectivity index (χ4n) is 2.69. The molecule has 0 aromatic heterocycles. The maximum atomic E-state index is 2.72. The highest BCUT2D eigenvalue weighted by Gasteiger charge is 2.33. The third kappa shape index (κ3) is 4.86. The van der Waals surface area contributed by atoms with E-state index < -0.39 is 0 Å². The van der Waals surface area contributed by atoms with Gasteiger partial charge in [-0.3, -0.25) is 4.90 Å².